The van der Waals surface area contributed by atoms with E-state index >= 15 is 0 Å². The highest BCUT2D eigenvalue weighted by Crippen LogP contribution is 2.46. The Labute approximate surface area is 159 Å². The van der Waals surface area contributed by atoms with E-state index in [2.05, 4.69) is 48.9 Å². The van der Waals surface area contributed by atoms with Crippen molar-refractivity contribution in [1.82, 2.24) is 19.6 Å². The highest BCUT2D eigenvalue weighted by atomic mass is 28.4. The molecule has 3 heterocycles. The number of rotatable bonds is 5. The SMILES string of the molecule is CC(C)(C)[Si](C)(C)O[C@H]1C[C@H](c2cnn3c(N)ncnc23)OC1(CO)CO. The van der Waals surface area contributed by atoms with E-state index in [1.165, 1.54) is 10.8 Å². The van der Waals surface area contributed by atoms with Crippen molar-refractivity contribution >= 4 is 19.9 Å². The molecule has 0 bridgehead atoms. The molecule has 1 saturated heterocycles. The predicted octanol–water partition coefficient (Wildman–Crippen LogP) is 1.28. The van der Waals surface area contributed by atoms with Gasteiger partial charge in [-0.15, -0.1) is 0 Å². The summed E-state index contributed by atoms with van der Waals surface area (Å²) in [7, 11) is -2.14. The van der Waals surface area contributed by atoms with Crippen LogP contribution < -0.4 is 5.73 Å². The Morgan fingerprint density at radius 3 is 2.59 bits per heavy atom. The molecule has 0 amide bonds. The first kappa shape index (κ1) is 20.1. The quantitative estimate of drug-likeness (QED) is 0.646. The van der Waals surface area contributed by atoms with Crippen LogP contribution in [-0.2, 0) is 9.16 Å². The number of aromatic nitrogens is 4. The fourth-order valence-corrected chi connectivity index (χ4v) is 4.47. The summed E-state index contributed by atoms with van der Waals surface area (Å²) < 4.78 is 14.1. The topological polar surface area (TPSA) is 128 Å². The number of aliphatic hydroxyl groups is 2. The maximum absolute atomic E-state index is 10.0. The molecule has 0 unspecified atom stereocenters. The van der Waals surface area contributed by atoms with Crippen molar-refractivity contribution in [2.24, 2.45) is 0 Å². The van der Waals surface area contributed by atoms with Crippen molar-refractivity contribution in [3.63, 3.8) is 0 Å². The van der Waals surface area contributed by atoms with Crippen molar-refractivity contribution in [2.75, 3.05) is 18.9 Å². The van der Waals surface area contributed by atoms with Gasteiger partial charge in [0.1, 0.15) is 11.9 Å². The number of anilines is 1. The molecule has 10 heteroatoms. The normalized spacial score (nSPS) is 23.2. The Hall–Kier alpha value is -1.59. The summed E-state index contributed by atoms with van der Waals surface area (Å²) in [5.74, 6) is 0.230. The van der Waals surface area contributed by atoms with E-state index in [0.717, 1.165) is 5.56 Å². The largest absolute Gasteiger partial charge is 0.411 e. The van der Waals surface area contributed by atoms with E-state index < -0.39 is 26.1 Å². The highest BCUT2D eigenvalue weighted by Gasteiger charge is 2.53. The minimum absolute atomic E-state index is 0.00613. The van der Waals surface area contributed by atoms with Crippen molar-refractivity contribution in [3.05, 3.63) is 18.1 Å². The van der Waals surface area contributed by atoms with Crippen LogP contribution in [0.15, 0.2) is 12.5 Å². The third-order valence-corrected chi connectivity index (χ3v) is 10.4. The molecule has 150 valence electrons. The molecule has 1 aliphatic heterocycles. The standard InChI is InChI=1S/C17H29N5O4Si/c1-16(2,3)27(4,5)26-13-6-12(25-17(13,8-23)9-24)11-7-21-22-14(11)19-10-20-15(22)18/h7,10,12-13,23-24H,6,8-9H2,1-5H3,(H2,18,19,20)/t12-,13+/m1/s1. The monoisotopic (exact) mass is 395 g/mol. The zero-order chi connectivity index (χ0) is 20.0. The van der Waals surface area contributed by atoms with E-state index in [0.29, 0.717) is 12.1 Å². The summed E-state index contributed by atoms with van der Waals surface area (Å²) >= 11 is 0. The lowest BCUT2D eigenvalue weighted by Crippen LogP contribution is -2.54. The van der Waals surface area contributed by atoms with Gasteiger partial charge in [-0.2, -0.15) is 9.61 Å². The molecule has 1 aliphatic rings. The fraction of sp³-hybridized carbons (Fsp3) is 0.706. The van der Waals surface area contributed by atoms with Crippen molar-refractivity contribution in [3.8, 4) is 0 Å². The Morgan fingerprint density at radius 2 is 2.00 bits per heavy atom. The Kier molecular flexibility index (Phi) is 5.06. The van der Waals surface area contributed by atoms with Crippen LogP contribution in [0.25, 0.3) is 5.65 Å². The van der Waals surface area contributed by atoms with E-state index in [9.17, 15) is 10.2 Å². The Morgan fingerprint density at radius 1 is 1.33 bits per heavy atom. The number of hydrogen-bond acceptors (Lipinski definition) is 8. The van der Waals surface area contributed by atoms with Gasteiger partial charge in [-0.05, 0) is 18.1 Å². The zero-order valence-corrected chi connectivity index (χ0v) is 17.5. The van der Waals surface area contributed by atoms with Gasteiger partial charge in [-0.1, -0.05) is 20.8 Å². The summed E-state index contributed by atoms with van der Waals surface area (Å²) in [5, 5.41) is 24.3. The summed E-state index contributed by atoms with van der Waals surface area (Å²) in [6.07, 6.45) is 2.64. The molecule has 4 N–H and O–H groups in total. The molecule has 2 aromatic heterocycles. The molecule has 0 aliphatic carbocycles. The minimum Gasteiger partial charge on any atom is -0.411 e. The first-order valence-corrected chi connectivity index (χ1v) is 12.0. The van der Waals surface area contributed by atoms with Gasteiger partial charge in [-0.25, -0.2) is 9.97 Å². The third-order valence-electron chi connectivity index (χ3n) is 5.88. The van der Waals surface area contributed by atoms with Crippen molar-refractivity contribution in [1.29, 1.82) is 0 Å². The second kappa shape index (κ2) is 6.78. The molecule has 0 aromatic carbocycles. The average Bonchev–Trinajstić information content (AvgIpc) is 3.16. The molecule has 0 saturated carbocycles. The van der Waals surface area contributed by atoms with Gasteiger partial charge in [0.25, 0.3) is 0 Å². The number of ether oxygens (including phenoxy) is 1. The lowest BCUT2D eigenvalue weighted by Gasteiger charge is -2.42. The van der Waals surface area contributed by atoms with E-state index in [4.69, 9.17) is 14.9 Å². The zero-order valence-electron chi connectivity index (χ0n) is 16.5. The van der Waals surface area contributed by atoms with E-state index in [1.54, 1.807) is 6.20 Å². The van der Waals surface area contributed by atoms with Crippen molar-refractivity contribution < 1.29 is 19.4 Å². The van der Waals surface area contributed by atoms with Crippen LogP contribution in [0.4, 0.5) is 5.95 Å². The Balaban J connectivity index is 1.95. The number of nitrogens with zero attached hydrogens (tertiary/aromatic N) is 4. The first-order chi connectivity index (χ1) is 12.5. The lowest BCUT2D eigenvalue weighted by molar-refractivity contribution is -0.133. The van der Waals surface area contributed by atoms with E-state index in [-0.39, 0.29) is 24.2 Å². The molecule has 0 spiro atoms. The summed E-state index contributed by atoms with van der Waals surface area (Å²) in [4.78, 5) is 8.18. The number of hydrogen-bond donors (Lipinski definition) is 3. The lowest BCUT2D eigenvalue weighted by atomic mass is 9.97. The molecule has 9 nitrogen and oxygen atoms in total. The van der Waals surface area contributed by atoms with Crippen LogP contribution in [0.5, 0.6) is 0 Å². The van der Waals surface area contributed by atoms with Crippen LogP contribution >= 0.6 is 0 Å². The maximum atomic E-state index is 10.0. The highest BCUT2D eigenvalue weighted by molar-refractivity contribution is 6.74. The van der Waals surface area contributed by atoms with Gasteiger partial charge in [0, 0.05) is 12.0 Å². The fourth-order valence-electron chi connectivity index (χ4n) is 3.10. The van der Waals surface area contributed by atoms with Gasteiger partial charge in [-0.3, -0.25) is 0 Å². The van der Waals surface area contributed by atoms with Gasteiger partial charge in [0.05, 0.1) is 31.6 Å². The molecule has 27 heavy (non-hydrogen) atoms. The molecular formula is C17H29N5O4Si. The average molecular weight is 396 g/mol. The van der Waals surface area contributed by atoms with Crippen LogP contribution in [-0.4, -0.2) is 63.0 Å². The molecule has 3 rings (SSSR count). The summed E-state index contributed by atoms with van der Waals surface area (Å²) in [5.41, 5.74) is 5.95. The van der Waals surface area contributed by atoms with Crippen LogP contribution in [0, 0.1) is 0 Å². The molecule has 1 fully saturated rings. The molecular weight excluding hydrogens is 366 g/mol. The Bertz CT molecular complexity index is 815. The molecule has 2 aromatic rings. The summed E-state index contributed by atoms with van der Waals surface area (Å²) in [6.45, 7) is 10.1. The van der Waals surface area contributed by atoms with Gasteiger partial charge < -0.3 is 25.1 Å². The van der Waals surface area contributed by atoms with E-state index in [1.807, 2.05) is 0 Å². The molecule has 0 radical (unpaired) electrons. The van der Waals surface area contributed by atoms with Crippen LogP contribution in [0.3, 0.4) is 0 Å². The second-order valence-corrected chi connectivity index (χ2v) is 13.4. The first-order valence-electron chi connectivity index (χ1n) is 9.06. The number of nitrogens with two attached hydrogens (primary N) is 1. The van der Waals surface area contributed by atoms with Gasteiger partial charge in [0.2, 0.25) is 5.95 Å². The van der Waals surface area contributed by atoms with Crippen LogP contribution in [0.1, 0.15) is 38.9 Å². The van der Waals surface area contributed by atoms with Gasteiger partial charge in [0.15, 0.2) is 14.0 Å². The number of nitrogen functional groups attached to an aromatic ring is 1. The van der Waals surface area contributed by atoms with Crippen LogP contribution in [0.2, 0.25) is 18.1 Å². The third kappa shape index (κ3) is 3.36. The van der Waals surface area contributed by atoms with Crippen molar-refractivity contribution in [2.45, 2.75) is 63.1 Å². The predicted molar refractivity (Wildman–Crippen MR) is 103 cm³/mol. The van der Waals surface area contributed by atoms with Gasteiger partial charge >= 0.3 is 0 Å². The smallest absolute Gasteiger partial charge is 0.224 e. The molecule has 2 atom stereocenters. The summed E-state index contributed by atoms with van der Waals surface area (Å²) in [6, 6.07) is 0. The number of fused-ring (bicyclic) bond motifs is 1. The maximum Gasteiger partial charge on any atom is 0.224 e. The minimum atomic E-state index is -2.14. The second-order valence-electron chi connectivity index (χ2n) is 8.66. The number of aliphatic hydroxyl groups excluding tert-OH is 2.